The monoisotopic (exact) mass is 300 g/mol. The van der Waals surface area contributed by atoms with E-state index in [2.05, 4.69) is 17.2 Å². The Hall–Kier alpha value is -0.610. The van der Waals surface area contributed by atoms with Gasteiger partial charge in [0.2, 0.25) is 5.91 Å². The number of halogens is 1. The molecule has 0 saturated heterocycles. The van der Waals surface area contributed by atoms with Crippen molar-refractivity contribution < 1.29 is 4.79 Å². The Bertz CT molecular complexity index is 427. The van der Waals surface area contributed by atoms with Gasteiger partial charge in [0.25, 0.3) is 0 Å². The van der Waals surface area contributed by atoms with Gasteiger partial charge in [0.15, 0.2) is 0 Å². The number of rotatable bonds is 5. The van der Waals surface area contributed by atoms with Gasteiger partial charge in [0.1, 0.15) is 5.01 Å². The number of aromatic nitrogens is 1. The van der Waals surface area contributed by atoms with Crippen LogP contribution in [0.4, 0.5) is 0 Å². The van der Waals surface area contributed by atoms with Crippen LogP contribution >= 0.6 is 22.9 Å². The Morgan fingerprint density at radius 1 is 1.47 bits per heavy atom. The molecular weight excluding hydrogens is 280 g/mol. The van der Waals surface area contributed by atoms with E-state index >= 15 is 0 Å². The molecule has 1 aliphatic rings. The van der Waals surface area contributed by atoms with Crippen LogP contribution in [0.25, 0.3) is 0 Å². The number of nitrogens with one attached hydrogen (secondary N) is 1. The van der Waals surface area contributed by atoms with E-state index in [0.29, 0.717) is 12.3 Å². The molecule has 0 radical (unpaired) electrons. The van der Waals surface area contributed by atoms with Gasteiger partial charge in [-0.15, -0.1) is 22.9 Å². The number of carbonyl (C=O) groups is 1. The smallest absolute Gasteiger partial charge is 0.226 e. The van der Waals surface area contributed by atoms with Gasteiger partial charge in [0, 0.05) is 11.9 Å². The maximum absolute atomic E-state index is 11.9. The number of alkyl halides is 1. The van der Waals surface area contributed by atoms with E-state index in [-0.39, 0.29) is 11.3 Å². The summed E-state index contributed by atoms with van der Waals surface area (Å²) >= 11 is 7.21. The Labute approximate surface area is 123 Å². The first-order valence-corrected chi connectivity index (χ1v) is 8.29. The molecule has 5 heteroatoms. The molecule has 3 nitrogen and oxygen atoms in total. The van der Waals surface area contributed by atoms with E-state index in [1.807, 2.05) is 5.38 Å². The minimum atomic E-state index is 0.0715. The summed E-state index contributed by atoms with van der Waals surface area (Å²) in [5.74, 6) is 0.484. The predicted octanol–water partition coefficient (Wildman–Crippen LogP) is 3.51. The van der Waals surface area contributed by atoms with Crippen molar-refractivity contribution in [1.82, 2.24) is 10.3 Å². The van der Waals surface area contributed by atoms with Crippen LogP contribution in [0.15, 0.2) is 5.38 Å². The second-order valence-corrected chi connectivity index (χ2v) is 6.90. The molecule has 1 amide bonds. The summed E-state index contributed by atoms with van der Waals surface area (Å²) in [5.41, 5.74) is 1.15. The van der Waals surface area contributed by atoms with Crippen LogP contribution in [-0.4, -0.2) is 17.4 Å². The van der Waals surface area contributed by atoms with Crippen LogP contribution in [0, 0.1) is 5.41 Å². The highest BCUT2D eigenvalue weighted by atomic mass is 35.5. The molecule has 106 valence electrons. The summed E-state index contributed by atoms with van der Waals surface area (Å²) in [5, 5.41) is 5.83. The Balaban J connectivity index is 1.77. The molecule has 1 aliphatic carbocycles. The second-order valence-electron chi connectivity index (χ2n) is 5.69. The summed E-state index contributed by atoms with van der Waals surface area (Å²) in [7, 11) is 0. The first-order chi connectivity index (χ1) is 9.11. The summed E-state index contributed by atoms with van der Waals surface area (Å²) < 4.78 is 0. The molecule has 1 heterocycles. The van der Waals surface area contributed by atoms with Gasteiger partial charge in [-0.25, -0.2) is 4.98 Å². The highest BCUT2D eigenvalue weighted by Gasteiger charge is 2.27. The zero-order chi connectivity index (χ0) is 13.7. The third-order valence-corrected chi connectivity index (χ3v) is 4.99. The van der Waals surface area contributed by atoms with Crippen molar-refractivity contribution in [2.75, 3.05) is 6.54 Å². The predicted molar refractivity (Wildman–Crippen MR) is 79.6 cm³/mol. The SMILES string of the molecule is CC1(CNC(=O)Cc2nc(CCl)cs2)CCCCC1. The largest absolute Gasteiger partial charge is 0.355 e. The number of hydrogen-bond donors (Lipinski definition) is 1. The van der Waals surface area contributed by atoms with Gasteiger partial charge in [-0.1, -0.05) is 26.2 Å². The number of thiazole rings is 1. The lowest BCUT2D eigenvalue weighted by atomic mass is 9.76. The van der Waals surface area contributed by atoms with Gasteiger partial charge < -0.3 is 5.32 Å². The van der Waals surface area contributed by atoms with Gasteiger partial charge in [-0.2, -0.15) is 0 Å². The number of amides is 1. The highest BCUT2D eigenvalue weighted by Crippen LogP contribution is 2.34. The van der Waals surface area contributed by atoms with Crippen LogP contribution in [0.5, 0.6) is 0 Å². The third kappa shape index (κ3) is 4.46. The fourth-order valence-electron chi connectivity index (χ4n) is 2.59. The van der Waals surface area contributed by atoms with Crippen molar-refractivity contribution >= 4 is 28.8 Å². The normalized spacial score (nSPS) is 18.2. The standard InChI is InChI=1S/C14H21ClN2OS/c1-14(5-3-2-4-6-14)10-16-12(18)7-13-17-11(8-15)9-19-13/h9H,2-8,10H2,1H3,(H,16,18). The first kappa shape index (κ1) is 14.8. The molecule has 2 rings (SSSR count). The van der Waals surface area contributed by atoms with Crippen LogP contribution in [0.1, 0.15) is 49.7 Å². The molecular formula is C14H21ClN2OS. The Kier molecular flexibility index (Phi) is 5.22. The topological polar surface area (TPSA) is 42.0 Å². The maximum atomic E-state index is 11.9. The van der Waals surface area contributed by atoms with Gasteiger partial charge in [0.05, 0.1) is 18.0 Å². The molecule has 1 N–H and O–H groups in total. The molecule has 1 aromatic heterocycles. The molecule has 1 fully saturated rings. The van der Waals surface area contributed by atoms with Crippen molar-refractivity contribution in [3.63, 3.8) is 0 Å². The van der Waals surface area contributed by atoms with Crippen molar-refractivity contribution in [2.45, 2.75) is 51.3 Å². The minimum absolute atomic E-state index is 0.0715. The maximum Gasteiger partial charge on any atom is 0.226 e. The van der Waals surface area contributed by atoms with Gasteiger partial charge in [-0.3, -0.25) is 4.79 Å². The van der Waals surface area contributed by atoms with E-state index in [0.717, 1.165) is 17.2 Å². The fraction of sp³-hybridized carbons (Fsp3) is 0.714. The minimum Gasteiger partial charge on any atom is -0.355 e. The van der Waals surface area contributed by atoms with Crippen molar-refractivity contribution in [2.24, 2.45) is 5.41 Å². The van der Waals surface area contributed by atoms with Crippen LogP contribution in [-0.2, 0) is 17.1 Å². The van der Waals surface area contributed by atoms with Crippen molar-refractivity contribution in [3.05, 3.63) is 16.1 Å². The zero-order valence-corrected chi connectivity index (χ0v) is 12.9. The molecule has 19 heavy (non-hydrogen) atoms. The van der Waals surface area contributed by atoms with E-state index in [1.54, 1.807) is 0 Å². The quantitative estimate of drug-likeness (QED) is 0.846. The van der Waals surface area contributed by atoms with Gasteiger partial charge >= 0.3 is 0 Å². The second kappa shape index (κ2) is 6.71. The van der Waals surface area contributed by atoms with Crippen LogP contribution in [0.2, 0.25) is 0 Å². The Morgan fingerprint density at radius 2 is 2.21 bits per heavy atom. The van der Waals surface area contributed by atoms with Crippen LogP contribution in [0.3, 0.4) is 0 Å². The van der Waals surface area contributed by atoms with Crippen molar-refractivity contribution in [1.29, 1.82) is 0 Å². The fourth-order valence-corrected chi connectivity index (χ4v) is 3.61. The van der Waals surface area contributed by atoms with E-state index in [9.17, 15) is 4.79 Å². The summed E-state index contributed by atoms with van der Waals surface area (Å²) in [6.45, 7) is 3.07. The van der Waals surface area contributed by atoms with Crippen molar-refractivity contribution in [3.8, 4) is 0 Å². The first-order valence-electron chi connectivity index (χ1n) is 6.87. The molecule has 0 bridgehead atoms. The molecule has 0 aliphatic heterocycles. The number of nitrogens with zero attached hydrogens (tertiary/aromatic N) is 1. The third-order valence-electron chi connectivity index (χ3n) is 3.82. The lowest BCUT2D eigenvalue weighted by molar-refractivity contribution is -0.121. The lowest BCUT2D eigenvalue weighted by Gasteiger charge is -2.33. The highest BCUT2D eigenvalue weighted by molar-refractivity contribution is 7.09. The summed E-state index contributed by atoms with van der Waals surface area (Å²) in [6.07, 6.45) is 6.74. The molecule has 0 atom stereocenters. The van der Waals surface area contributed by atoms with Gasteiger partial charge in [-0.05, 0) is 18.3 Å². The average molecular weight is 301 g/mol. The molecule has 1 aromatic rings. The molecule has 0 spiro atoms. The number of hydrogen-bond acceptors (Lipinski definition) is 3. The van der Waals surface area contributed by atoms with Crippen LogP contribution < -0.4 is 5.32 Å². The lowest BCUT2D eigenvalue weighted by Crippen LogP contribution is -2.37. The zero-order valence-electron chi connectivity index (χ0n) is 11.4. The van der Waals surface area contributed by atoms with E-state index in [4.69, 9.17) is 11.6 Å². The summed E-state index contributed by atoms with van der Waals surface area (Å²) in [4.78, 5) is 16.2. The molecule has 0 aromatic carbocycles. The molecule has 0 unspecified atom stereocenters. The Morgan fingerprint density at radius 3 is 2.84 bits per heavy atom. The van der Waals surface area contributed by atoms with E-state index < -0.39 is 0 Å². The number of carbonyl (C=O) groups excluding carboxylic acids is 1. The van der Waals surface area contributed by atoms with E-state index in [1.165, 1.54) is 43.4 Å². The molecule has 1 saturated carbocycles. The summed E-state index contributed by atoms with van der Waals surface area (Å²) in [6, 6.07) is 0. The average Bonchev–Trinajstić information content (AvgIpc) is 2.85.